The number of alkyl halides is 3. The molecule has 1 aliphatic carbocycles. The molecule has 0 unspecified atom stereocenters. The maximum Gasteiger partial charge on any atom is 0.416 e. The molecule has 1 heterocycles. The largest absolute Gasteiger partial charge is 0.466 e. The molecule has 10 heteroatoms. The van der Waals surface area contributed by atoms with Crippen molar-refractivity contribution >= 4 is 17.7 Å². The van der Waals surface area contributed by atoms with Gasteiger partial charge < -0.3 is 14.0 Å². The predicted octanol–water partition coefficient (Wildman–Crippen LogP) is 8.63. The van der Waals surface area contributed by atoms with E-state index in [4.69, 9.17) is 14.0 Å². The van der Waals surface area contributed by atoms with Crippen molar-refractivity contribution in [2.45, 2.75) is 57.7 Å². The number of nitrogens with one attached hydrogen (secondary N) is 1. The van der Waals surface area contributed by atoms with Crippen LogP contribution in [0.5, 0.6) is 0 Å². The van der Waals surface area contributed by atoms with Crippen molar-refractivity contribution in [2.75, 3.05) is 11.9 Å². The first kappa shape index (κ1) is 29.9. The maximum absolute atomic E-state index is 13.1. The lowest BCUT2D eigenvalue weighted by Gasteiger charge is -2.16. The number of benzene rings is 3. The molecule has 7 nitrogen and oxygen atoms in total. The highest BCUT2D eigenvalue weighted by Gasteiger charge is 2.46. The molecule has 4 aromatic rings. The third kappa shape index (κ3) is 6.74. The number of hydrogen-bond acceptors (Lipinski definition) is 6. The fourth-order valence-corrected chi connectivity index (χ4v) is 5.08. The molecule has 43 heavy (non-hydrogen) atoms. The minimum atomic E-state index is -4.50. The molecule has 0 radical (unpaired) electrons. The first-order valence-electron chi connectivity index (χ1n) is 14.0. The van der Waals surface area contributed by atoms with Crippen LogP contribution in [0.15, 0.2) is 77.3 Å². The number of amides is 1. The summed E-state index contributed by atoms with van der Waals surface area (Å²) in [7, 11) is 0. The Kier molecular flexibility index (Phi) is 8.30. The average molecular weight is 593 g/mol. The molecule has 0 bridgehead atoms. The molecule has 1 amide bonds. The van der Waals surface area contributed by atoms with Gasteiger partial charge in [0.25, 0.3) is 0 Å². The Bertz CT molecular complexity index is 1610. The summed E-state index contributed by atoms with van der Waals surface area (Å²) in [4.78, 5) is 24.7. The molecule has 1 N–H and O–H groups in total. The van der Waals surface area contributed by atoms with E-state index in [9.17, 15) is 22.8 Å². The number of halogens is 3. The summed E-state index contributed by atoms with van der Waals surface area (Å²) in [5, 5.41) is 6.59. The SMILES string of the molecule is CCOC(=O)CC1(c2ccc(-c3ccc(-c4onc(C)c4NC(=O)O[C@H](C)c4cccc(C(F)(F)F)c4)cc3)cc2)CC1. The Morgan fingerprint density at radius 2 is 1.63 bits per heavy atom. The standard InChI is InChI=1S/C33H31F3N2O5/c1-4-41-28(39)19-32(16-17-32)26-14-12-23(13-15-26)22-8-10-24(11-9-22)30-29(20(2)38-43-30)37-31(40)42-21(3)25-6-5-7-27(18-25)33(34,35)36/h5-15,18,21H,4,16-17,19H2,1-3H3,(H,37,40)/t21-/m1/s1. The number of aromatic nitrogens is 1. The molecule has 1 atom stereocenters. The van der Waals surface area contributed by atoms with Crippen LogP contribution >= 0.6 is 0 Å². The zero-order valence-electron chi connectivity index (χ0n) is 24.0. The van der Waals surface area contributed by atoms with Gasteiger partial charge in [-0.1, -0.05) is 65.8 Å². The van der Waals surface area contributed by atoms with Crippen molar-refractivity contribution in [3.63, 3.8) is 0 Å². The molecule has 0 aliphatic heterocycles. The zero-order valence-corrected chi connectivity index (χ0v) is 24.0. The molecule has 1 fully saturated rings. The second kappa shape index (κ2) is 11.9. The van der Waals surface area contributed by atoms with Gasteiger partial charge >= 0.3 is 18.2 Å². The second-order valence-corrected chi connectivity index (χ2v) is 10.7. The van der Waals surface area contributed by atoms with Gasteiger partial charge in [-0.25, -0.2) is 4.79 Å². The van der Waals surface area contributed by atoms with Crippen molar-refractivity contribution in [3.8, 4) is 22.5 Å². The van der Waals surface area contributed by atoms with Crippen LogP contribution in [-0.4, -0.2) is 23.8 Å². The minimum absolute atomic E-state index is 0.131. The average Bonchev–Trinajstić information content (AvgIpc) is 3.68. The summed E-state index contributed by atoms with van der Waals surface area (Å²) in [6, 6.07) is 20.4. The van der Waals surface area contributed by atoms with E-state index in [1.54, 1.807) is 13.8 Å². The predicted molar refractivity (Wildman–Crippen MR) is 154 cm³/mol. The molecule has 1 aromatic heterocycles. The van der Waals surface area contributed by atoms with E-state index in [2.05, 4.69) is 22.6 Å². The first-order valence-corrected chi connectivity index (χ1v) is 14.0. The molecule has 3 aromatic carbocycles. The first-order chi connectivity index (χ1) is 20.5. The van der Waals surface area contributed by atoms with E-state index in [1.165, 1.54) is 19.1 Å². The van der Waals surface area contributed by atoms with Crippen LogP contribution in [0, 0.1) is 6.92 Å². The van der Waals surface area contributed by atoms with Gasteiger partial charge in [0.15, 0.2) is 5.76 Å². The lowest BCUT2D eigenvalue weighted by Crippen LogP contribution is -2.17. The topological polar surface area (TPSA) is 90.7 Å². The summed E-state index contributed by atoms with van der Waals surface area (Å²) < 4.78 is 55.3. The maximum atomic E-state index is 13.1. The minimum Gasteiger partial charge on any atom is -0.466 e. The lowest BCUT2D eigenvalue weighted by atomic mass is 9.91. The highest BCUT2D eigenvalue weighted by atomic mass is 19.4. The van der Waals surface area contributed by atoms with Crippen molar-refractivity contribution in [1.82, 2.24) is 5.16 Å². The number of esters is 1. The highest BCUT2D eigenvalue weighted by Crippen LogP contribution is 2.51. The fourth-order valence-electron chi connectivity index (χ4n) is 5.08. The van der Waals surface area contributed by atoms with Crippen LogP contribution in [0.25, 0.3) is 22.5 Å². The van der Waals surface area contributed by atoms with Crippen molar-refractivity contribution in [2.24, 2.45) is 0 Å². The van der Waals surface area contributed by atoms with Gasteiger partial charge in [-0.2, -0.15) is 13.2 Å². The van der Waals surface area contributed by atoms with Gasteiger partial charge in [0, 0.05) is 11.0 Å². The summed E-state index contributed by atoms with van der Waals surface area (Å²) >= 11 is 0. The van der Waals surface area contributed by atoms with Gasteiger partial charge in [-0.15, -0.1) is 0 Å². The molecule has 0 saturated heterocycles. The fraction of sp³-hybridized carbons (Fsp3) is 0.303. The Labute approximate surface area is 247 Å². The van der Waals surface area contributed by atoms with E-state index in [0.717, 1.165) is 41.7 Å². The summed E-state index contributed by atoms with van der Waals surface area (Å²) in [5.41, 5.74) is 3.72. The van der Waals surface area contributed by atoms with Crippen LogP contribution in [0.2, 0.25) is 0 Å². The van der Waals surface area contributed by atoms with Crippen molar-refractivity contribution < 1.29 is 36.8 Å². The van der Waals surface area contributed by atoms with Crippen LogP contribution in [-0.2, 0) is 25.9 Å². The van der Waals surface area contributed by atoms with Gasteiger partial charge in [0.2, 0.25) is 0 Å². The highest BCUT2D eigenvalue weighted by molar-refractivity contribution is 5.91. The number of nitrogens with zero attached hydrogens (tertiary/aromatic N) is 1. The van der Waals surface area contributed by atoms with E-state index in [0.29, 0.717) is 35.7 Å². The normalized spacial score (nSPS) is 14.6. The number of aryl methyl sites for hydroxylation is 1. The lowest BCUT2D eigenvalue weighted by molar-refractivity contribution is -0.143. The number of carbonyl (C=O) groups is 2. The molecule has 1 saturated carbocycles. The van der Waals surface area contributed by atoms with Gasteiger partial charge in [0.05, 0.1) is 18.6 Å². The van der Waals surface area contributed by atoms with Crippen LogP contribution < -0.4 is 5.32 Å². The van der Waals surface area contributed by atoms with Crippen LogP contribution in [0.1, 0.15) is 61.6 Å². The third-order valence-corrected chi connectivity index (χ3v) is 7.68. The smallest absolute Gasteiger partial charge is 0.416 e. The van der Waals surface area contributed by atoms with E-state index in [-0.39, 0.29) is 16.9 Å². The Balaban J connectivity index is 1.26. The number of rotatable bonds is 9. The van der Waals surface area contributed by atoms with Gasteiger partial charge in [-0.3, -0.25) is 10.1 Å². The monoisotopic (exact) mass is 592 g/mol. The van der Waals surface area contributed by atoms with Crippen LogP contribution in [0.4, 0.5) is 23.7 Å². The van der Waals surface area contributed by atoms with Crippen LogP contribution in [0.3, 0.4) is 0 Å². The molecule has 224 valence electrons. The number of hydrogen-bond donors (Lipinski definition) is 1. The zero-order chi connectivity index (χ0) is 30.8. The summed E-state index contributed by atoms with van der Waals surface area (Å²) in [5.74, 6) is 0.146. The third-order valence-electron chi connectivity index (χ3n) is 7.68. The van der Waals surface area contributed by atoms with E-state index < -0.39 is 23.9 Å². The molecule has 0 spiro atoms. The molecular formula is C33H31F3N2O5. The van der Waals surface area contributed by atoms with Gasteiger partial charge in [-0.05, 0) is 68.0 Å². The molecular weight excluding hydrogens is 561 g/mol. The second-order valence-electron chi connectivity index (χ2n) is 10.7. The number of ether oxygens (including phenoxy) is 2. The van der Waals surface area contributed by atoms with E-state index in [1.807, 2.05) is 36.4 Å². The summed E-state index contributed by atoms with van der Waals surface area (Å²) in [6.45, 7) is 5.33. The van der Waals surface area contributed by atoms with Crippen molar-refractivity contribution in [3.05, 3.63) is 95.2 Å². The molecule has 5 rings (SSSR count). The Hall–Kier alpha value is -4.60. The Morgan fingerprint density at radius 3 is 2.23 bits per heavy atom. The number of anilines is 1. The number of carbonyl (C=O) groups excluding carboxylic acids is 2. The molecule has 1 aliphatic rings. The van der Waals surface area contributed by atoms with E-state index >= 15 is 0 Å². The summed E-state index contributed by atoms with van der Waals surface area (Å²) in [6.07, 6.45) is -3.98. The van der Waals surface area contributed by atoms with Gasteiger partial charge in [0.1, 0.15) is 17.5 Å². The Morgan fingerprint density at radius 1 is 1.00 bits per heavy atom. The van der Waals surface area contributed by atoms with Crippen molar-refractivity contribution in [1.29, 1.82) is 0 Å². The quantitative estimate of drug-likeness (QED) is 0.196.